The van der Waals surface area contributed by atoms with Crippen LogP contribution in [-0.2, 0) is 12.8 Å². The third kappa shape index (κ3) is 3.42. The van der Waals surface area contributed by atoms with Gasteiger partial charge in [0.15, 0.2) is 0 Å². The van der Waals surface area contributed by atoms with Gasteiger partial charge in [-0.1, -0.05) is 30.7 Å². The van der Waals surface area contributed by atoms with Gasteiger partial charge in [-0.05, 0) is 69.8 Å². The number of hydrogen-bond acceptors (Lipinski definition) is 2. The molecule has 0 radical (unpaired) electrons. The average molecular weight is 272 g/mol. The summed E-state index contributed by atoms with van der Waals surface area (Å²) in [6.45, 7) is 2.48. The molecule has 1 aliphatic carbocycles. The highest BCUT2D eigenvalue weighted by atomic mass is 15.1. The highest BCUT2D eigenvalue weighted by Gasteiger charge is 2.20. The Kier molecular flexibility index (Phi) is 4.74. The minimum atomic E-state index is 0.693. The Morgan fingerprint density at radius 2 is 2.00 bits per heavy atom. The molecule has 3 rings (SSSR count). The van der Waals surface area contributed by atoms with Crippen LogP contribution < -0.4 is 5.32 Å². The first-order valence-corrected chi connectivity index (χ1v) is 8.33. The number of nitrogens with one attached hydrogen (secondary N) is 1. The van der Waals surface area contributed by atoms with Gasteiger partial charge in [0, 0.05) is 12.1 Å². The number of rotatable bonds is 4. The number of fused-ring (bicyclic) bond motifs is 1. The third-order valence-corrected chi connectivity index (χ3v) is 5.18. The van der Waals surface area contributed by atoms with E-state index < -0.39 is 0 Å². The number of benzene rings is 1. The third-order valence-electron chi connectivity index (χ3n) is 5.18. The van der Waals surface area contributed by atoms with Gasteiger partial charge in [-0.25, -0.2) is 0 Å². The highest BCUT2D eigenvalue weighted by Crippen LogP contribution is 2.21. The Morgan fingerprint density at radius 1 is 1.15 bits per heavy atom. The molecule has 1 aromatic rings. The van der Waals surface area contributed by atoms with Crippen molar-refractivity contribution in [3.05, 3.63) is 35.4 Å². The number of piperidine rings is 1. The Hall–Kier alpha value is -0.860. The van der Waals surface area contributed by atoms with E-state index in [1.54, 1.807) is 11.1 Å². The lowest BCUT2D eigenvalue weighted by Crippen LogP contribution is -2.41. The summed E-state index contributed by atoms with van der Waals surface area (Å²) >= 11 is 0. The lowest BCUT2D eigenvalue weighted by molar-refractivity contribution is 0.174. The van der Waals surface area contributed by atoms with Gasteiger partial charge in [0.1, 0.15) is 0 Å². The first-order valence-electron chi connectivity index (χ1n) is 8.33. The molecular formula is C18H28N2. The van der Waals surface area contributed by atoms with E-state index in [0.29, 0.717) is 6.04 Å². The number of nitrogens with zero attached hydrogens (tertiary/aromatic N) is 1. The Balaban J connectivity index is 1.43. The maximum absolute atomic E-state index is 3.80. The van der Waals surface area contributed by atoms with Crippen LogP contribution in [0.1, 0.15) is 43.2 Å². The fourth-order valence-corrected chi connectivity index (χ4v) is 3.83. The van der Waals surface area contributed by atoms with Gasteiger partial charge >= 0.3 is 0 Å². The summed E-state index contributed by atoms with van der Waals surface area (Å²) in [4.78, 5) is 2.56. The zero-order chi connectivity index (χ0) is 13.8. The molecule has 20 heavy (non-hydrogen) atoms. The molecule has 0 spiro atoms. The molecule has 0 amide bonds. The first kappa shape index (κ1) is 14.1. The molecule has 0 bridgehead atoms. The van der Waals surface area contributed by atoms with Crippen molar-refractivity contribution in [1.82, 2.24) is 10.2 Å². The van der Waals surface area contributed by atoms with Crippen LogP contribution in [0.2, 0.25) is 0 Å². The summed E-state index contributed by atoms with van der Waals surface area (Å²) in [5.41, 5.74) is 3.13. The van der Waals surface area contributed by atoms with Crippen LogP contribution >= 0.6 is 0 Å². The molecule has 0 aromatic heterocycles. The fraction of sp³-hybridized carbons (Fsp3) is 0.667. The monoisotopic (exact) mass is 272 g/mol. The number of likely N-dealkylation sites (tertiary alicyclic amines) is 1. The lowest BCUT2D eigenvalue weighted by atomic mass is 9.88. The molecule has 2 atom stereocenters. The molecule has 1 saturated heterocycles. The largest absolute Gasteiger partial charge is 0.314 e. The van der Waals surface area contributed by atoms with E-state index in [1.807, 2.05) is 0 Å². The number of hydrogen-bond donors (Lipinski definition) is 1. The predicted octanol–water partition coefficient (Wildman–Crippen LogP) is 3.01. The molecule has 110 valence electrons. The van der Waals surface area contributed by atoms with Gasteiger partial charge in [0.2, 0.25) is 0 Å². The summed E-state index contributed by atoms with van der Waals surface area (Å²) < 4.78 is 0. The van der Waals surface area contributed by atoms with Crippen LogP contribution in [0.5, 0.6) is 0 Å². The molecule has 1 heterocycles. The summed E-state index contributed by atoms with van der Waals surface area (Å²) in [6.07, 6.45) is 9.29. The van der Waals surface area contributed by atoms with Crippen molar-refractivity contribution in [1.29, 1.82) is 0 Å². The van der Waals surface area contributed by atoms with Crippen LogP contribution in [0.25, 0.3) is 0 Å². The highest BCUT2D eigenvalue weighted by molar-refractivity contribution is 5.30. The van der Waals surface area contributed by atoms with E-state index in [1.165, 1.54) is 58.0 Å². The van der Waals surface area contributed by atoms with Gasteiger partial charge in [-0.3, -0.25) is 0 Å². The van der Waals surface area contributed by atoms with Crippen molar-refractivity contribution < 1.29 is 0 Å². The Morgan fingerprint density at radius 3 is 2.85 bits per heavy atom. The predicted molar refractivity (Wildman–Crippen MR) is 85.1 cm³/mol. The second-order valence-electron chi connectivity index (χ2n) is 6.58. The summed E-state index contributed by atoms with van der Waals surface area (Å²) in [6, 6.07) is 10.5. The van der Waals surface area contributed by atoms with Crippen molar-refractivity contribution in [3.8, 4) is 0 Å². The maximum atomic E-state index is 3.80. The van der Waals surface area contributed by atoms with Crippen molar-refractivity contribution >= 4 is 0 Å². The lowest BCUT2D eigenvalue weighted by Gasteiger charge is -2.33. The molecule has 1 aromatic carbocycles. The first-order chi connectivity index (χ1) is 9.83. The maximum Gasteiger partial charge on any atom is 0.0111 e. The van der Waals surface area contributed by atoms with Gasteiger partial charge in [0.05, 0.1) is 0 Å². The smallest absolute Gasteiger partial charge is 0.0111 e. The second kappa shape index (κ2) is 6.73. The van der Waals surface area contributed by atoms with Crippen molar-refractivity contribution in [2.75, 3.05) is 20.1 Å². The molecule has 2 nitrogen and oxygen atoms in total. The molecule has 1 N–H and O–H groups in total. The van der Waals surface area contributed by atoms with Crippen LogP contribution in [0.4, 0.5) is 0 Å². The van der Waals surface area contributed by atoms with Crippen molar-refractivity contribution in [2.45, 2.75) is 57.0 Å². The zero-order valence-electron chi connectivity index (χ0n) is 12.8. The molecule has 0 saturated carbocycles. The van der Waals surface area contributed by atoms with E-state index in [4.69, 9.17) is 0 Å². The quantitative estimate of drug-likeness (QED) is 0.906. The van der Waals surface area contributed by atoms with Crippen LogP contribution in [0, 0.1) is 0 Å². The van der Waals surface area contributed by atoms with Crippen LogP contribution in [0.3, 0.4) is 0 Å². The summed E-state index contributed by atoms with van der Waals surface area (Å²) in [5.74, 6) is 0. The molecule has 1 fully saturated rings. The molecule has 2 unspecified atom stereocenters. The molecule has 1 aliphatic heterocycles. The fourth-order valence-electron chi connectivity index (χ4n) is 3.83. The average Bonchev–Trinajstić information content (AvgIpc) is 2.49. The van der Waals surface area contributed by atoms with E-state index in [9.17, 15) is 0 Å². The normalized spacial score (nSPS) is 27.2. The van der Waals surface area contributed by atoms with Gasteiger partial charge < -0.3 is 10.2 Å². The minimum Gasteiger partial charge on any atom is -0.314 e. The van der Waals surface area contributed by atoms with E-state index in [0.717, 1.165) is 6.04 Å². The molecule has 2 heteroatoms. The van der Waals surface area contributed by atoms with Gasteiger partial charge in [0.25, 0.3) is 0 Å². The zero-order valence-corrected chi connectivity index (χ0v) is 12.8. The van der Waals surface area contributed by atoms with Crippen molar-refractivity contribution in [3.63, 3.8) is 0 Å². The summed E-state index contributed by atoms with van der Waals surface area (Å²) in [7, 11) is 2.29. The minimum absolute atomic E-state index is 0.693. The van der Waals surface area contributed by atoms with Crippen LogP contribution in [-0.4, -0.2) is 37.1 Å². The summed E-state index contributed by atoms with van der Waals surface area (Å²) in [5, 5.41) is 3.80. The number of aryl methyl sites for hydroxylation is 1. The Labute approximate surface area is 123 Å². The Bertz CT molecular complexity index is 429. The second-order valence-corrected chi connectivity index (χ2v) is 6.58. The molecule has 2 aliphatic rings. The van der Waals surface area contributed by atoms with Crippen molar-refractivity contribution in [2.24, 2.45) is 0 Å². The van der Waals surface area contributed by atoms with Gasteiger partial charge in [-0.2, -0.15) is 0 Å². The van der Waals surface area contributed by atoms with E-state index >= 15 is 0 Å². The van der Waals surface area contributed by atoms with Crippen LogP contribution in [0.15, 0.2) is 24.3 Å². The molecular weight excluding hydrogens is 244 g/mol. The SMILES string of the molecule is CN1CCCCC1CCNC1CCc2ccccc2C1. The topological polar surface area (TPSA) is 15.3 Å². The van der Waals surface area contributed by atoms with Gasteiger partial charge in [-0.15, -0.1) is 0 Å². The van der Waals surface area contributed by atoms with E-state index in [-0.39, 0.29) is 0 Å². The standard InChI is InChI=1S/C18H28N2/c1-20-13-5-4-8-18(20)11-12-19-17-10-9-15-6-2-3-7-16(15)14-17/h2-3,6-7,17-19H,4-5,8-14H2,1H3. The van der Waals surface area contributed by atoms with E-state index in [2.05, 4.69) is 41.5 Å².